The number of hydrogen-bond donors (Lipinski definition) is 3. The smallest absolute Gasteiger partial charge is 0.317 e. The summed E-state index contributed by atoms with van der Waals surface area (Å²) in [5.41, 5.74) is 3.82. The average Bonchev–Trinajstić information content (AvgIpc) is 3.12. The van der Waals surface area contributed by atoms with Gasteiger partial charge in [0.15, 0.2) is 0 Å². The van der Waals surface area contributed by atoms with Gasteiger partial charge in [-0.05, 0) is 41.4 Å². The normalized spacial score (nSPS) is 19.1. The van der Waals surface area contributed by atoms with Crippen LogP contribution in [0.3, 0.4) is 0 Å². The molecule has 3 N–H and O–H groups in total. The first kappa shape index (κ1) is 19.7. The van der Waals surface area contributed by atoms with Crippen molar-refractivity contribution < 1.29 is 9.59 Å². The number of amides is 3. The third-order valence-corrected chi connectivity index (χ3v) is 5.33. The standard InChI is InChI=1S/C21H32N4O2/c1-15(2)10-24-21(27)25-7-3-4-17(14-25)9-20(26)23-11-16-5-6-18-12-22-13-19(18)8-16/h5-6,8,15,17,22H,3-4,7,9-14H2,1-2H3,(H,23,26)(H,24,27). The third-order valence-electron chi connectivity index (χ3n) is 5.33. The molecule has 3 rings (SSSR count). The van der Waals surface area contributed by atoms with Gasteiger partial charge in [-0.25, -0.2) is 4.79 Å². The zero-order valence-corrected chi connectivity index (χ0v) is 16.5. The zero-order chi connectivity index (χ0) is 19.2. The van der Waals surface area contributed by atoms with Crippen LogP contribution in [-0.2, 0) is 24.4 Å². The Bertz CT molecular complexity index is 674. The summed E-state index contributed by atoms with van der Waals surface area (Å²) in [6.07, 6.45) is 2.46. The summed E-state index contributed by atoms with van der Waals surface area (Å²) < 4.78 is 0. The third kappa shape index (κ3) is 5.70. The second-order valence-electron chi connectivity index (χ2n) is 8.22. The Labute approximate surface area is 162 Å². The maximum absolute atomic E-state index is 12.4. The van der Waals surface area contributed by atoms with Gasteiger partial charge in [-0.2, -0.15) is 0 Å². The molecule has 0 bridgehead atoms. The van der Waals surface area contributed by atoms with Crippen LogP contribution in [0.4, 0.5) is 4.79 Å². The maximum Gasteiger partial charge on any atom is 0.317 e. The molecule has 2 aliphatic rings. The summed E-state index contributed by atoms with van der Waals surface area (Å²) in [6.45, 7) is 8.72. The lowest BCUT2D eigenvalue weighted by molar-refractivity contribution is -0.122. The van der Waals surface area contributed by atoms with Crippen LogP contribution in [0, 0.1) is 11.8 Å². The number of fused-ring (bicyclic) bond motifs is 1. The van der Waals surface area contributed by atoms with Crippen LogP contribution >= 0.6 is 0 Å². The molecular formula is C21H32N4O2. The number of hydrogen-bond acceptors (Lipinski definition) is 3. The van der Waals surface area contributed by atoms with Gasteiger partial charge in [-0.15, -0.1) is 0 Å². The van der Waals surface area contributed by atoms with Crippen LogP contribution in [0.1, 0.15) is 49.8 Å². The fourth-order valence-corrected chi connectivity index (χ4v) is 3.81. The first-order valence-corrected chi connectivity index (χ1v) is 10.1. The first-order chi connectivity index (χ1) is 13.0. The van der Waals surface area contributed by atoms with Gasteiger partial charge in [0, 0.05) is 45.7 Å². The molecule has 1 aromatic rings. The second-order valence-corrected chi connectivity index (χ2v) is 8.22. The summed E-state index contributed by atoms with van der Waals surface area (Å²) in [4.78, 5) is 26.5. The van der Waals surface area contributed by atoms with E-state index in [0.29, 0.717) is 32.0 Å². The summed E-state index contributed by atoms with van der Waals surface area (Å²) in [5.74, 6) is 0.756. The van der Waals surface area contributed by atoms with Crippen molar-refractivity contribution in [2.24, 2.45) is 11.8 Å². The number of benzene rings is 1. The van der Waals surface area contributed by atoms with Crippen molar-refractivity contribution in [1.29, 1.82) is 0 Å². The maximum atomic E-state index is 12.4. The van der Waals surface area contributed by atoms with E-state index in [1.54, 1.807) is 0 Å². The molecular weight excluding hydrogens is 340 g/mol. The lowest BCUT2D eigenvalue weighted by Crippen LogP contribution is -2.47. The predicted octanol–water partition coefficient (Wildman–Crippen LogP) is 2.37. The van der Waals surface area contributed by atoms with Gasteiger partial charge >= 0.3 is 6.03 Å². The van der Waals surface area contributed by atoms with Gasteiger partial charge in [0.25, 0.3) is 0 Å². The molecule has 1 fully saturated rings. The van der Waals surface area contributed by atoms with Crippen molar-refractivity contribution in [1.82, 2.24) is 20.9 Å². The van der Waals surface area contributed by atoms with Crippen molar-refractivity contribution in [3.8, 4) is 0 Å². The topological polar surface area (TPSA) is 73.5 Å². The monoisotopic (exact) mass is 372 g/mol. The van der Waals surface area contributed by atoms with Crippen LogP contribution in [0.5, 0.6) is 0 Å². The van der Waals surface area contributed by atoms with E-state index in [1.165, 1.54) is 11.1 Å². The van der Waals surface area contributed by atoms with Gasteiger partial charge in [0.1, 0.15) is 0 Å². The second kappa shape index (κ2) is 9.22. The van der Waals surface area contributed by atoms with Crippen molar-refractivity contribution in [3.05, 3.63) is 34.9 Å². The molecule has 3 amide bonds. The van der Waals surface area contributed by atoms with E-state index in [9.17, 15) is 9.59 Å². The molecule has 0 radical (unpaired) electrons. The molecule has 1 atom stereocenters. The Balaban J connectivity index is 1.42. The molecule has 0 spiro atoms. The Morgan fingerprint density at radius 3 is 2.85 bits per heavy atom. The van der Waals surface area contributed by atoms with Crippen molar-refractivity contribution in [3.63, 3.8) is 0 Å². The minimum absolute atomic E-state index is 0.000517. The zero-order valence-electron chi connectivity index (χ0n) is 16.5. The van der Waals surface area contributed by atoms with E-state index in [2.05, 4.69) is 48.0 Å². The fourth-order valence-electron chi connectivity index (χ4n) is 3.81. The predicted molar refractivity (Wildman–Crippen MR) is 106 cm³/mol. The molecule has 1 saturated heterocycles. The highest BCUT2D eigenvalue weighted by Crippen LogP contribution is 2.20. The van der Waals surface area contributed by atoms with E-state index < -0.39 is 0 Å². The van der Waals surface area contributed by atoms with Crippen LogP contribution in [0.15, 0.2) is 18.2 Å². The van der Waals surface area contributed by atoms with E-state index >= 15 is 0 Å². The number of nitrogens with zero attached hydrogens (tertiary/aromatic N) is 1. The molecule has 2 aliphatic heterocycles. The Hall–Kier alpha value is -2.08. The molecule has 1 unspecified atom stereocenters. The molecule has 148 valence electrons. The lowest BCUT2D eigenvalue weighted by Gasteiger charge is -2.32. The Kier molecular flexibility index (Phi) is 6.72. The van der Waals surface area contributed by atoms with Gasteiger partial charge < -0.3 is 20.9 Å². The van der Waals surface area contributed by atoms with Crippen molar-refractivity contribution in [2.75, 3.05) is 19.6 Å². The van der Waals surface area contributed by atoms with E-state index in [4.69, 9.17) is 0 Å². The van der Waals surface area contributed by atoms with Crippen LogP contribution in [-0.4, -0.2) is 36.5 Å². The molecule has 0 aliphatic carbocycles. The summed E-state index contributed by atoms with van der Waals surface area (Å²) >= 11 is 0. The number of piperidine rings is 1. The number of rotatable bonds is 6. The Morgan fingerprint density at radius 2 is 2.04 bits per heavy atom. The largest absolute Gasteiger partial charge is 0.352 e. The van der Waals surface area contributed by atoms with Crippen molar-refractivity contribution >= 4 is 11.9 Å². The van der Waals surface area contributed by atoms with Crippen LogP contribution < -0.4 is 16.0 Å². The average molecular weight is 373 g/mol. The van der Waals surface area contributed by atoms with Gasteiger partial charge in [0.2, 0.25) is 5.91 Å². The number of urea groups is 1. The SMILES string of the molecule is CC(C)CNC(=O)N1CCCC(CC(=O)NCc2ccc3c(c2)CNC3)C1. The highest BCUT2D eigenvalue weighted by Gasteiger charge is 2.25. The lowest BCUT2D eigenvalue weighted by atomic mass is 9.94. The number of nitrogens with one attached hydrogen (secondary N) is 3. The molecule has 1 aromatic carbocycles. The van der Waals surface area contributed by atoms with Crippen molar-refractivity contribution in [2.45, 2.75) is 52.7 Å². The van der Waals surface area contributed by atoms with Gasteiger partial charge in [-0.3, -0.25) is 4.79 Å². The Morgan fingerprint density at radius 1 is 1.22 bits per heavy atom. The molecule has 0 saturated carbocycles. The highest BCUT2D eigenvalue weighted by atomic mass is 16.2. The molecule has 6 heteroatoms. The van der Waals surface area contributed by atoms with E-state index in [1.807, 2.05) is 4.90 Å². The number of carbonyl (C=O) groups is 2. The molecule has 6 nitrogen and oxygen atoms in total. The van der Waals surface area contributed by atoms with Gasteiger partial charge in [-0.1, -0.05) is 32.0 Å². The minimum Gasteiger partial charge on any atom is -0.352 e. The minimum atomic E-state index is 0.000517. The molecule has 0 aromatic heterocycles. The van der Waals surface area contributed by atoms with E-state index in [0.717, 1.165) is 38.0 Å². The van der Waals surface area contributed by atoms with Crippen LogP contribution in [0.2, 0.25) is 0 Å². The summed E-state index contributed by atoms with van der Waals surface area (Å²) in [5, 5.41) is 9.35. The highest BCUT2D eigenvalue weighted by molar-refractivity contribution is 5.77. The molecule has 2 heterocycles. The van der Waals surface area contributed by atoms with Crippen LogP contribution in [0.25, 0.3) is 0 Å². The number of likely N-dealkylation sites (tertiary alicyclic amines) is 1. The van der Waals surface area contributed by atoms with Gasteiger partial charge in [0.05, 0.1) is 0 Å². The fraction of sp³-hybridized carbons (Fsp3) is 0.619. The van der Waals surface area contributed by atoms with E-state index in [-0.39, 0.29) is 17.9 Å². The molecule has 27 heavy (non-hydrogen) atoms. The summed E-state index contributed by atoms with van der Waals surface area (Å²) in [7, 11) is 0. The summed E-state index contributed by atoms with van der Waals surface area (Å²) in [6, 6.07) is 6.41. The number of carbonyl (C=O) groups excluding carboxylic acids is 2. The quantitative estimate of drug-likeness (QED) is 0.718. The first-order valence-electron chi connectivity index (χ1n) is 10.1.